The van der Waals surface area contributed by atoms with E-state index in [4.69, 9.17) is 4.98 Å². The molecule has 0 saturated heterocycles. The summed E-state index contributed by atoms with van der Waals surface area (Å²) in [5.74, 6) is -1.95. The van der Waals surface area contributed by atoms with Crippen molar-refractivity contribution in [1.29, 1.82) is 0 Å². The number of benzene rings is 2. The van der Waals surface area contributed by atoms with Gasteiger partial charge in [-0.05, 0) is 54.2 Å². The molecule has 0 bridgehead atoms. The number of hydrogen-bond acceptors (Lipinski definition) is 7. The largest absolute Gasteiger partial charge is 0.392 e. The molecule has 1 fully saturated rings. The molecule has 3 aromatic rings. The molecule has 2 N–H and O–H groups in total. The Kier molecular flexibility index (Phi) is 8.60. The number of carbonyl (C=O) groups excluding carboxylic acids is 2. The van der Waals surface area contributed by atoms with Crippen LogP contribution < -0.4 is 5.32 Å². The first-order valence-electron chi connectivity index (χ1n) is 14.4. The van der Waals surface area contributed by atoms with Gasteiger partial charge in [0.05, 0.1) is 16.7 Å². The van der Waals surface area contributed by atoms with E-state index in [2.05, 4.69) is 19.2 Å². The quantitative estimate of drug-likeness (QED) is 0.375. The van der Waals surface area contributed by atoms with Crippen LogP contribution in [-0.4, -0.2) is 54.1 Å². The number of sulfone groups is 1. The van der Waals surface area contributed by atoms with E-state index in [1.807, 2.05) is 44.3 Å². The SMILES string of the molecule is C[C@H](C(=O)N(C)Cc1ccccc1)[C@H]1CC[C@]2(C)Cc3sc(NC(=O)CS(=O)(=O)c4ccccc4)nc3[C@@H](C)[C@@H]2[C@H]1O. The Balaban J connectivity index is 1.28. The van der Waals surface area contributed by atoms with Gasteiger partial charge in [-0.25, -0.2) is 13.4 Å². The summed E-state index contributed by atoms with van der Waals surface area (Å²) in [4.78, 5) is 33.8. The lowest BCUT2D eigenvalue weighted by Gasteiger charge is -2.53. The van der Waals surface area contributed by atoms with Crippen LogP contribution in [0.4, 0.5) is 5.13 Å². The van der Waals surface area contributed by atoms with E-state index in [-0.39, 0.29) is 39.9 Å². The molecular weight excluding hydrogens is 571 g/mol. The van der Waals surface area contributed by atoms with Crippen LogP contribution in [0.25, 0.3) is 0 Å². The van der Waals surface area contributed by atoms with Crippen LogP contribution in [0.5, 0.6) is 0 Å². The van der Waals surface area contributed by atoms with Crippen molar-refractivity contribution in [3.05, 3.63) is 76.8 Å². The van der Waals surface area contributed by atoms with Crippen LogP contribution in [0, 0.1) is 23.2 Å². The average Bonchev–Trinajstić information content (AvgIpc) is 3.34. The summed E-state index contributed by atoms with van der Waals surface area (Å²) >= 11 is 1.38. The van der Waals surface area contributed by atoms with Crippen LogP contribution in [0.15, 0.2) is 65.6 Å². The second-order valence-electron chi connectivity index (χ2n) is 12.3. The minimum Gasteiger partial charge on any atom is -0.392 e. The monoisotopic (exact) mass is 609 g/mol. The van der Waals surface area contributed by atoms with Gasteiger partial charge in [0.1, 0.15) is 5.75 Å². The number of nitrogens with one attached hydrogen (secondary N) is 1. The van der Waals surface area contributed by atoms with Crippen LogP contribution in [0.3, 0.4) is 0 Å². The highest BCUT2D eigenvalue weighted by molar-refractivity contribution is 7.92. The standard InChI is InChI=1S/C32H39N3O5S2/c1-20(30(38)35(4)18-22-11-7-5-8-12-22)24-15-16-32(3)17-25-28(21(2)27(32)29(24)37)34-31(41-25)33-26(36)19-42(39,40)23-13-9-6-10-14-23/h5-14,20-21,24,27,29,37H,15-19H2,1-4H3,(H,33,34,36)/t20-,21-,24+,27+,29-,32+/m0/s1. The van der Waals surface area contributed by atoms with E-state index in [0.717, 1.165) is 29.0 Å². The number of amides is 2. The van der Waals surface area contributed by atoms with Crippen molar-refractivity contribution in [1.82, 2.24) is 9.88 Å². The number of aliphatic hydroxyl groups excluding tert-OH is 1. The second-order valence-corrected chi connectivity index (χ2v) is 15.3. The molecule has 1 saturated carbocycles. The molecule has 0 aliphatic heterocycles. The summed E-state index contributed by atoms with van der Waals surface area (Å²) in [5, 5.41) is 14.8. The Bertz CT molecular complexity index is 1540. The maximum Gasteiger partial charge on any atom is 0.241 e. The molecule has 2 amide bonds. The Morgan fingerprint density at radius 1 is 1.14 bits per heavy atom. The van der Waals surface area contributed by atoms with E-state index in [1.54, 1.807) is 23.1 Å². The van der Waals surface area contributed by atoms with Crippen molar-refractivity contribution in [2.45, 2.75) is 63.5 Å². The summed E-state index contributed by atoms with van der Waals surface area (Å²) < 4.78 is 25.3. The molecule has 10 heteroatoms. The number of anilines is 1. The van der Waals surface area contributed by atoms with Crippen LogP contribution in [-0.2, 0) is 32.4 Å². The Morgan fingerprint density at radius 2 is 1.79 bits per heavy atom. The third kappa shape index (κ3) is 6.02. The second kappa shape index (κ2) is 11.9. The fraction of sp³-hybridized carbons (Fsp3) is 0.469. The van der Waals surface area contributed by atoms with Crippen LogP contribution in [0.1, 0.15) is 55.7 Å². The molecule has 0 unspecified atom stereocenters. The number of aliphatic hydroxyl groups is 1. The summed E-state index contributed by atoms with van der Waals surface area (Å²) in [5.41, 5.74) is 1.73. The van der Waals surface area contributed by atoms with E-state index in [0.29, 0.717) is 18.1 Å². The van der Waals surface area contributed by atoms with Gasteiger partial charge >= 0.3 is 0 Å². The van der Waals surface area contributed by atoms with Gasteiger partial charge in [-0.15, -0.1) is 11.3 Å². The fourth-order valence-corrected chi connectivity index (χ4v) is 9.54. The summed E-state index contributed by atoms with van der Waals surface area (Å²) in [6.07, 6.45) is 1.67. The summed E-state index contributed by atoms with van der Waals surface area (Å²) in [6, 6.07) is 17.8. The minimum absolute atomic E-state index is 0.0276. The highest BCUT2D eigenvalue weighted by atomic mass is 32.2. The first-order valence-corrected chi connectivity index (χ1v) is 16.9. The third-order valence-electron chi connectivity index (χ3n) is 9.26. The molecule has 2 aliphatic carbocycles. The molecular formula is C32H39N3O5S2. The zero-order valence-corrected chi connectivity index (χ0v) is 26.1. The summed E-state index contributed by atoms with van der Waals surface area (Å²) in [6.45, 7) is 6.72. The van der Waals surface area contributed by atoms with Crippen molar-refractivity contribution in [2.75, 3.05) is 18.1 Å². The third-order valence-corrected chi connectivity index (χ3v) is 11.9. The van der Waals surface area contributed by atoms with Gasteiger partial charge in [-0.1, -0.05) is 69.3 Å². The zero-order chi connectivity index (χ0) is 30.2. The minimum atomic E-state index is -3.77. The van der Waals surface area contributed by atoms with E-state index in [1.165, 1.54) is 23.5 Å². The van der Waals surface area contributed by atoms with E-state index < -0.39 is 27.6 Å². The first kappa shape index (κ1) is 30.4. The predicted molar refractivity (Wildman–Crippen MR) is 164 cm³/mol. The van der Waals surface area contributed by atoms with Gasteiger partial charge < -0.3 is 15.3 Å². The molecule has 42 heavy (non-hydrogen) atoms. The number of aromatic nitrogens is 1. The van der Waals surface area contributed by atoms with Crippen molar-refractivity contribution < 1.29 is 23.1 Å². The molecule has 5 rings (SSSR count). The van der Waals surface area contributed by atoms with Gasteiger partial charge in [0.25, 0.3) is 0 Å². The topological polar surface area (TPSA) is 117 Å². The predicted octanol–water partition coefficient (Wildman–Crippen LogP) is 4.90. The molecule has 1 heterocycles. The average molecular weight is 610 g/mol. The number of carbonyl (C=O) groups is 2. The Labute approximate surface area is 252 Å². The first-order chi connectivity index (χ1) is 19.9. The Morgan fingerprint density at radius 3 is 2.45 bits per heavy atom. The lowest BCUT2D eigenvalue weighted by Crippen LogP contribution is -2.53. The maximum atomic E-state index is 13.4. The maximum absolute atomic E-state index is 13.4. The molecule has 6 atom stereocenters. The number of fused-ring (bicyclic) bond motifs is 2. The smallest absolute Gasteiger partial charge is 0.241 e. The van der Waals surface area contributed by atoms with Crippen molar-refractivity contribution in [3.63, 3.8) is 0 Å². The molecule has 0 spiro atoms. The van der Waals surface area contributed by atoms with Crippen molar-refractivity contribution in [2.24, 2.45) is 23.2 Å². The van der Waals surface area contributed by atoms with Crippen molar-refractivity contribution in [3.8, 4) is 0 Å². The number of rotatable bonds is 8. The van der Waals surface area contributed by atoms with Crippen molar-refractivity contribution >= 4 is 38.1 Å². The number of thiazole rings is 1. The van der Waals surface area contributed by atoms with Crippen LogP contribution >= 0.6 is 11.3 Å². The normalized spacial score (nSPS) is 26.0. The molecule has 2 aromatic carbocycles. The van der Waals surface area contributed by atoms with Gasteiger partial charge in [-0.3, -0.25) is 9.59 Å². The summed E-state index contributed by atoms with van der Waals surface area (Å²) in [7, 11) is -1.96. The molecule has 2 aliphatic rings. The van der Waals surface area contributed by atoms with Gasteiger partial charge in [0.15, 0.2) is 15.0 Å². The lowest BCUT2D eigenvalue weighted by atomic mass is 9.53. The Hall–Kier alpha value is -3.08. The van der Waals surface area contributed by atoms with E-state index >= 15 is 0 Å². The zero-order valence-electron chi connectivity index (χ0n) is 24.5. The van der Waals surface area contributed by atoms with Crippen LogP contribution in [0.2, 0.25) is 0 Å². The van der Waals surface area contributed by atoms with E-state index in [9.17, 15) is 23.1 Å². The highest BCUT2D eigenvalue weighted by Gasteiger charge is 2.54. The fourth-order valence-electron chi connectivity index (χ4n) is 7.11. The number of nitrogens with zero attached hydrogens (tertiary/aromatic N) is 2. The highest BCUT2D eigenvalue weighted by Crippen LogP contribution is 2.57. The molecule has 0 radical (unpaired) electrons. The molecule has 224 valence electrons. The van der Waals surface area contributed by atoms with Gasteiger partial charge in [0, 0.05) is 30.3 Å². The van der Waals surface area contributed by atoms with Gasteiger partial charge in [-0.2, -0.15) is 0 Å². The van der Waals surface area contributed by atoms with Gasteiger partial charge in [0.2, 0.25) is 11.8 Å². The lowest BCUT2D eigenvalue weighted by molar-refractivity contribution is -0.144. The molecule has 1 aromatic heterocycles. The molecule has 8 nitrogen and oxygen atoms in total. The number of hydrogen-bond donors (Lipinski definition) is 2.